The zero-order chi connectivity index (χ0) is 32.1. The smallest absolute Gasteiger partial charge is 0.337 e. The number of nitrogens with zero attached hydrogens (tertiary/aromatic N) is 3. The van der Waals surface area contributed by atoms with Crippen molar-refractivity contribution in [1.29, 1.82) is 5.26 Å². The lowest BCUT2D eigenvalue weighted by atomic mass is 9.97. The van der Waals surface area contributed by atoms with Gasteiger partial charge in [-0.2, -0.15) is 5.26 Å². The summed E-state index contributed by atoms with van der Waals surface area (Å²) in [6.07, 6.45) is 3.19. The summed E-state index contributed by atoms with van der Waals surface area (Å²) in [6.45, 7) is 4.86. The molecule has 1 aliphatic rings. The second kappa shape index (κ2) is 14.3. The van der Waals surface area contributed by atoms with E-state index < -0.39 is 12.0 Å². The third-order valence-corrected chi connectivity index (χ3v) is 8.84. The number of esters is 1. The molecule has 0 spiro atoms. The van der Waals surface area contributed by atoms with Crippen LogP contribution in [-0.4, -0.2) is 30.9 Å². The molecule has 5 rings (SSSR count). The molecule has 0 unspecified atom stereocenters. The van der Waals surface area contributed by atoms with Crippen molar-refractivity contribution in [3.8, 4) is 23.3 Å². The number of rotatable bonds is 10. The summed E-state index contributed by atoms with van der Waals surface area (Å²) < 4.78 is 26.2. The number of methoxy groups -OCH3 is 1. The first-order chi connectivity index (χ1) is 21.8. The van der Waals surface area contributed by atoms with Gasteiger partial charge in [0.2, 0.25) is 0 Å². The molecule has 2 heterocycles. The Balaban J connectivity index is 1.61. The van der Waals surface area contributed by atoms with E-state index in [1.54, 1.807) is 36.4 Å². The molecule has 0 amide bonds. The molecule has 45 heavy (non-hydrogen) atoms. The second-order valence-electron chi connectivity index (χ2n) is 9.65. The molecule has 1 aromatic heterocycles. The van der Waals surface area contributed by atoms with Crippen molar-refractivity contribution < 1.29 is 23.7 Å². The van der Waals surface area contributed by atoms with E-state index in [1.165, 1.54) is 29.2 Å². The van der Waals surface area contributed by atoms with Crippen LogP contribution in [0.5, 0.6) is 17.2 Å². The number of ether oxygens (including phenoxy) is 4. The first-order valence-corrected chi connectivity index (χ1v) is 16.3. The third-order valence-electron chi connectivity index (χ3n) is 6.80. The minimum absolute atomic E-state index is 0.208. The number of halogens is 2. The fraction of sp³-hybridized carbons (Fsp3) is 0.212. The van der Waals surface area contributed by atoms with Gasteiger partial charge in [-0.25, -0.2) is 9.79 Å². The summed E-state index contributed by atoms with van der Waals surface area (Å²) >= 11 is 8.33. The molecule has 1 atom stereocenters. The van der Waals surface area contributed by atoms with Gasteiger partial charge in [0.15, 0.2) is 16.3 Å². The van der Waals surface area contributed by atoms with Crippen LogP contribution in [0.25, 0.3) is 6.08 Å². The molecule has 0 radical (unpaired) electrons. The first kappa shape index (κ1) is 32.2. The number of nitriles is 1. The predicted octanol–water partition coefficient (Wildman–Crippen LogP) is 5.79. The Morgan fingerprint density at radius 2 is 1.78 bits per heavy atom. The lowest BCUT2D eigenvalue weighted by Gasteiger charge is -2.23. The number of fused-ring (bicyclic) bond motifs is 1. The maximum absolute atomic E-state index is 14.1. The average molecular weight is 753 g/mol. The Labute approximate surface area is 279 Å². The van der Waals surface area contributed by atoms with Gasteiger partial charge in [-0.3, -0.25) is 9.36 Å². The Hall–Kier alpha value is -4.18. The van der Waals surface area contributed by atoms with Crippen molar-refractivity contribution in [3.05, 3.63) is 117 Å². The van der Waals surface area contributed by atoms with E-state index >= 15 is 0 Å². The molecule has 3 aromatic carbocycles. The van der Waals surface area contributed by atoms with E-state index in [4.69, 9.17) is 24.2 Å². The van der Waals surface area contributed by atoms with Crippen molar-refractivity contribution in [1.82, 2.24) is 4.57 Å². The van der Waals surface area contributed by atoms with Crippen LogP contribution in [0.1, 0.15) is 42.1 Å². The van der Waals surface area contributed by atoms with Gasteiger partial charge < -0.3 is 18.9 Å². The molecule has 0 bridgehead atoms. The van der Waals surface area contributed by atoms with E-state index in [1.807, 2.05) is 38.1 Å². The largest absolute Gasteiger partial charge is 0.490 e. The Morgan fingerprint density at radius 1 is 1.04 bits per heavy atom. The highest BCUT2D eigenvalue weighted by molar-refractivity contribution is 9.11. The number of hydrogen-bond acceptors (Lipinski definition) is 9. The van der Waals surface area contributed by atoms with Crippen LogP contribution in [0.2, 0.25) is 0 Å². The molecule has 9 nitrogen and oxygen atoms in total. The van der Waals surface area contributed by atoms with Gasteiger partial charge >= 0.3 is 5.97 Å². The second-order valence-corrected chi connectivity index (χ2v) is 12.4. The molecule has 1 aliphatic heterocycles. The highest BCUT2D eigenvalue weighted by Gasteiger charge is 2.31. The molecule has 0 aliphatic carbocycles. The summed E-state index contributed by atoms with van der Waals surface area (Å²) in [5, 5.41) is 9.09. The number of hydrogen-bond donors (Lipinski definition) is 0. The van der Waals surface area contributed by atoms with Gasteiger partial charge in [-0.15, -0.1) is 0 Å². The lowest BCUT2D eigenvalue weighted by molar-refractivity contribution is -0.136. The molecule has 4 aromatic rings. The quantitative estimate of drug-likeness (QED) is 0.189. The summed E-state index contributed by atoms with van der Waals surface area (Å²) in [7, 11) is 1.29. The summed E-state index contributed by atoms with van der Waals surface area (Å²) in [4.78, 5) is 31.9. The molecule has 230 valence electrons. The molecule has 0 fully saturated rings. The predicted molar refractivity (Wildman–Crippen MR) is 177 cm³/mol. The van der Waals surface area contributed by atoms with Crippen LogP contribution in [0.15, 0.2) is 85.1 Å². The summed E-state index contributed by atoms with van der Waals surface area (Å²) in [6, 6.07) is 17.5. The highest BCUT2D eigenvalue weighted by atomic mass is 79.9. The molecule has 0 saturated carbocycles. The van der Waals surface area contributed by atoms with Crippen LogP contribution in [0, 0.1) is 11.3 Å². The van der Waals surface area contributed by atoms with Crippen LogP contribution in [-0.2, 0) is 16.1 Å². The fourth-order valence-electron chi connectivity index (χ4n) is 4.80. The fourth-order valence-corrected chi connectivity index (χ4v) is 7.13. The van der Waals surface area contributed by atoms with E-state index in [0.717, 1.165) is 10.0 Å². The number of carbonyl (C=O) groups excluding carboxylic acids is 1. The number of thiazole rings is 1. The molecule has 0 saturated heterocycles. The van der Waals surface area contributed by atoms with E-state index in [-0.39, 0.29) is 17.7 Å². The number of benzene rings is 3. The van der Waals surface area contributed by atoms with Gasteiger partial charge in [-0.1, -0.05) is 45.5 Å². The van der Waals surface area contributed by atoms with Gasteiger partial charge in [-0.05, 0) is 83.4 Å². The molecular formula is C33H27Br2N3O6S. The molecule has 12 heteroatoms. The van der Waals surface area contributed by atoms with Crippen molar-refractivity contribution in [2.75, 3.05) is 20.3 Å². The Morgan fingerprint density at radius 3 is 2.47 bits per heavy atom. The summed E-state index contributed by atoms with van der Waals surface area (Å²) in [5.41, 5.74) is 2.61. The van der Waals surface area contributed by atoms with Crippen molar-refractivity contribution >= 4 is 55.2 Å². The van der Waals surface area contributed by atoms with Crippen molar-refractivity contribution in [2.45, 2.75) is 26.5 Å². The highest BCUT2D eigenvalue weighted by Crippen LogP contribution is 2.36. The maximum atomic E-state index is 14.1. The SMILES string of the molecule is CCOc1ccc([C@H]2C(C(=O)OC)=CN=c3s/c(=C/c4cc(Br)cc(Br)c4OCc4ccc(C#N)cc4)c(=O)n32)cc1OCC. The van der Waals surface area contributed by atoms with E-state index in [9.17, 15) is 9.59 Å². The molecular weight excluding hydrogens is 726 g/mol. The summed E-state index contributed by atoms with van der Waals surface area (Å²) in [5.74, 6) is 1.00. The van der Waals surface area contributed by atoms with Crippen molar-refractivity contribution in [3.63, 3.8) is 0 Å². The lowest BCUT2D eigenvalue weighted by Crippen LogP contribution is -2.39. The first-order valence-electron chi connectivity index (χ1n) is 13.9. The van der Waals surface area contributed by atoms with Crippen molar-refractivity contribution in [2.24, 2.45) is 4.99 Å². The van der Waals surface area contributed by atoms with E-state index in [2.05, 4.69) is 42.9 Å². The molecule has 0 N–H and O–H groups in total. The Kier molecular flexibility index (Phi) is 10.2. The topological polar surface area (TPSA) is 112 Å². The monoisotopic (exact) mass is 751 g/mol. The maximum Gasteiger partial charge on any atom is 0.337 e. The minimum atomic E-state index is -0.813. The number of carbonyl (C=O) groups is 1. The van der Waals surface area contributed by atoms with Gasteiger partial charge in [0.1, 0.15) is 12.4 Å². The zero-order valence-corrected chi connectivity index (χ0v) is 28.5. The van der Waals surface area contributed by atoms with Crippen LogP contribution >= 0.6 is 43.2 Å². The standard InChI is InChI=1S/C33H27Br2N3O6S/c1-4-42-26-11-10-21(13-27(26)43-5-2)29-24(32(40)41-3)17-37-33-38(29)31(39)28(45-33)14-22-12-23(34)15-25(35)30(22)44-18-20-8-6-19(16-36)7-9-20/h6-15,17,29H,4-5,18H2,1-3H3/b28-14+/t29-/m0/s1. The van der Waals surface area contributed by atoms with E-state index in [0.29, 0.717) is 61.0 Å². The van der Waals surface area contributed by atoms with Crippen LogP contribution in [0.4, 0.5) is 0 Å². The number of aromatic nitrogens is 1. The Bertz CT molecular complexity index is 2010. The minimum Gasteiger partial charge on any atom is -0.490 e. The van der Waals surface area contributed by atoms with Gasteiger partial charge in [0, 0.05) is 16.2 Å². The average Bonchev–Trinajstić information content (AvgIpc) is 3.35. The zero-order valence-electron chi connectivity index (χ0n) is 24.5. The van der Waals surface area contributed by atoms with Crippen LogP contribution in [0.3, 0.4) is 0 Å². The normalized spacial score (nSPS) is 14.1. The van der Waals surface area contributed by atoms with Crippen LogP contribution < -0.4 is 29.1 Å². The third kappa shape index (κ3) is 6.91. The van der Waals surface area contributed by atoms with Gasteiger partial charge in [0.25, 0.3) is 5.56 Å². The van der Waals surface area contributed by atoms with Gasteiger partial charge in [0.05, 0.1) is 52.6 Å².